The summed E-state index contributed by atoms with van der Waals surface area (Å²) >= 11 is 0. The molecule has 0 aromatic carbocycles. The Morgan fingerprint density at radius 1 is 1.44 bits per heavy atom. The van der Waals surface area contributed by atoms with E-state index in [1.165, 1.54) is 0 Å². The van der Waals surface area contributed by atoms with Gasteiger partial charge in [0.15, 0.2) is 0 Å². The van der Waals surface area contributed by atoms with Crippen LogP contribution in [0.5, 0.6) is 5.75 Å². The lowest BCUT2D eigenvalue weighted by molar-refractivity contribution is 0.177. The average Bonchev–Trinajstić information content (AvgIpc) is 2.21. The van der Waals surface area contributed by atoms with Crippen molar-refractivity contribution in [2.75, 3.05) is 6.61 Å². The topological polar surface area (TPSA) is 65.4 Å². The summed E-state index contributed by atoms with van der Waals surface area (Å²) in [6, 6.07) is 3.45. The summed E-state index contributed by atoms with van der Waals surface area (Å²) in [4.78, 5) is 4.30. The molecule has 4 heteroatoms. The Kier molecular flexibility index (Phi) is 3.88. The number of pyridine rings is 1. The van der Waals surface area contributed by atoms with E-state index >= 15 is 0 Å². The van der Waals surface area contributed by atoms with Crippen LogP contribution < -0.4 is 5.32 Å². The molecule has 16 heavy (non-hydrogen) atoms. The zero-order chi connectivity index (χ0) is 12.3. The molecule has 3 N–H and O–H groups in total. The molecule has 0 amide bonds. The van der Waals surface area contributed by atoms with E-state index in [0.717, 1.165) is 5.69 Å². The number of aliphatic hydroxyl groups is 1. The lowest BCUT2D eigenvalue weighted by Gasteiger charge is -2.28. The normalized spacial score (nSPS) is 13.8. The summed E-state index contributed by atoms with van der Waals surface area (Å²) in [5, 5.41) is 21.8. The van der Waals surface area contributed by atoms with Gasteiger partial charge in [0.2, 0.25) is 0 Å². The fraction of sp³-hybridized carbons (Fsp3) is 0.583. The van der Waals surface area contributed by atoms with Crippen LogP contribution in [0, 0.1) is 6.92 Å². The Labute approximate surface area is 96.3 Å². The van der Waals surface area contributed by atoms with Crippen molar-refractivity contribution in [1.82, 2.24) is 10.3 Å². The Morgan fingerprint density at radius 3 is 2.56 bits per heavy atom. The highest BCUT2D eigenvalue weighted by Gasteiger charge is 2.20. The van der Waals surface area contributed by atoms with Gasteiger partial charge in [0.05, 0.1) is 18.0 Å². The molecule has 0 aliphatic carbocycles. The molecule has 0 spiro atoms. The highest BCUT2D eigenvalue weighted by molar-refractivity contribution is 5.27. The van der Waals surface area contributed by atoms with Crippen LogP contribution in [0.15, 0.2) is 12.1 Å². The minimum absolute atomic E-state index is 0.0291. The number of hydrogen-bond acceptors (Lipinski definition) is 4. The van der Waals surface area contributed by atoms with Crippen molar-refractivity contribution in [3.05, 3.63) is 23.5 Å². The summed E-state index contributed by atoms with van der Waals surface area (Å²) in [5.74, 6) is 0.206. The maximum absolute atomic E-state index is 9.38. The van der Waals surface area contributed by atoms with Gasteiger partial charge in [-0.2, -0.15) is 0 Å². The first-order valence-corrected chi connectivity index (χ1v) is 5.41. The third-order valence-electron chi connectivity index (χ3n) is 2.53. The quantitative estimate of drug-likeness (QED) is 0.725. The number of aromatic nitrogens is 1. The first-order chi connectivity index (χ1) is 7.35. The van der Waals surface area contributed by atoms with Crippen LogP contribution in [-0.2, 0) is 0 Å². The van der Waals surface area contributed by atoms with Crippen LogP contribution in [0.2, 0.25) is 0 Å². The monoisotopic (exact) mass is 224 g/mol. The number of aliphatic hydroxyl groups excluding tert-OH is 1. The van der Waals surface area contributed by atoms with Crippen molar-refractivity contribution in [2.24, 2.45) is 0 Å². The Balaban J connectivity index is 2.81. The van der Waals surface area contributed by atoms with Gasteiger partial charge in [0, 0.05) is 11.6 Å². The number of hydrogen-bond donors (Lipinski definition) is 3. The molecule has 0 saturated carbocycles. The van der Waals surface area contributed by atoms with Gasteiger partial charge < -0.3 is 15.5 Å². The van der Waals surface area contributed by atoms with E-state index < -0.39 is 0 Å². The van der Waals surface area contributed by atoms with Crippen molar-refractivity contribution in [2.45, 2.75) is 39.3 Å². The minimum Gasteiger partial charge on any atom is -0.506 e. The van der Waals surface area contributed by atoms with Gasteiger partial charge in [-0.1, -0.05) is 0 Å². The van der Waals surface area contributed by atoms with Crippen LogP contribution in [0.1, 0.15) is 38.2 Å². The smallest absolute Gasteiger partial charge is 0.136 e. The van der Waals surface area contributed by atoms with Gasteiger partial charge in [-0.3, -0.25) is 4.98 Å². The van der Waals surface area contributed by atoms with Crippen molar-refractivity contribution in [3.63, 3.8) is 0 Å². The summed E-state index contributed by atoms with van der Waals surface area (Å²) in [6.45, 7) is 7.67. The highest BCUT2D eigenvalue weighted by atomic mass is 16.3. The molecule has 0 bridgehead atoms. The molecule has 0 aliphatic heterocycles. The van der Waals surface area contributed by atoms with E-state index in [1.54, 1.807) is 19.1 Å². The minimum atomic E-state index is -0.340. The summed E-state index contributed by atoms with van der Waals surface area (Å²) in [5.41, 5.74) is 1.14. The van der Waals surface area contributed by atoms with Crippen molar-refractivity contribution in [1.29, 1.82) is 0 Å². The Bertz CT molecular complexity index is 364. The number of rotatable bonds is 4. The van der Waals surface area contributed by atoms with Gasteiger partial charge in [-0.05, 0) is 39.8 Å². The lowest BCUT2D eigenvalue weighted by Crippen LogP contribution is -2.44. The highest BCUT2D eigenvalue weighted by Crippen LogP contribution is 2.19. The van der Waals surface area contributed by atoms with Gasteiger partial charge in [-0.25, -0.2) is 0 Å². The Hall–Kier alpha value is -1.13. The van der Waals surface area contributed by atoms with Gasteiger partial charge in [0.25, 0.3) is 0 Å². The average molecular weight is 224 g/mol. The van der Waals surface area contributed by atoms with Crippen LogP contribution in [-0.4, -0.2) is 27.3 Å². The SMILES string of the molecule is Cc1nc(C(C)NC(C)(C)CO)ccc1O. The molecule has 0 aliphatic rings. The molecule has 1 aromatic rings. The van der Waals surface area contributed by atoms with Crippen LogP contribution in [0.4, 0.5) is 0 Å². The lowest BCUT2D eigenvalue weighted by atomic mass is 10.0. The molecule has 0 saturated heterocycles. The summed E-state index contributed by atoms with van der Waals surface area (Å²) in [6.07, 6.45) is 0. The first kappa shape index (κ1) is 12.9. The predicted molar refractivity (Wildman–Crippen MR) is 63.4 cm³/mol. The molecular formula is C12H20N2O2. The van der Waals surface area contributed by atoms with Gasteiger partial charge in [0.1, 0.15) is 5.75 Å². The van der Waals surface area contributed by atoms with E-state index in [9.17, 15) is 5.11 Å². The van der Waals surface area contributed by atoms with Crippen LogP contribution in [0.25, 0.3) is 0 Å². The second-order valence-electron chi connectivity index (χ2n) is 4.75. The standard InChI is InChI=1S/C12H20N2O2/c1-8(14-12(3,4)7-15)10-5-6-11(16)9(2)13-10/h5-6,8,14-16H,7H2,1-4H3. The zero-order valence-electron chi connectivity index (χ0n) is 10.3. The molecule has 0 radical (unpaired) electrons. The van der Waals surface area contributed by atoms with Crippen LogP contribution >= 0.6 is 0 Å². The zero-order valence-corrected chi connectivity index (χ0v) is 10.3. The maximum atomic E-state index is 9.38. The fourth-order valence-corrected chi connectivity index (χ4v) is 1.52. The summed E-state index contributed by atoms with van der Waals surface area (Å²) in [7, 11) is 0. The van der Waals surface area contributed by atoms with Crippen molar-refractivity contribution >= 4 is 0 Å². The number of aromatic hydroxyl groups is 1. The van der Waals surface area contributed by atoms with E-state index in [-0.39, 0.29) is 23.9 Å². The molecule has 1 rings (SSSR count). The van der Waals surface area contributed by atoms with Crippen molar-refractivity contribution in [3.8, 4) is 5.75 Å². The second kappa shape index (κ2) is 4.80. The predicted octanol–water partition coefficient (Wildman–Crippen LogP) is 1.52. The van der Waals surface area contributed by atoms with E-state index in [2.05, 4.69) is 10.3 Å². The molecule has 1 atom stereocenters. The van der Waals surface area contributed by atoms with E-state index in [0.29, 0.717) is 5.69 Å². The Morgan fingerprint density at radius 2 is 2.06 bits per heavy atom. The second-order valence-corrected chi connectivity index (χ2v) is 4.75. The maximum Gasteiger partial charge on any atom is 0.136 e. The van der Waals surface area contributed by atoms with E-state index in [4.69, 9.17) is 5.11 Å². The molecule has 0 fully saturated rings. The fourth-order valence-electron chi connectivity index (χ4n) is 1.52. The first-order valence-electron chi connectivity index (χ1n) is 5.41. The third kappa shape index (κ3) is 3.18. The third-order valence-corrected chi connectivity index (χ3v) is 2.53. The number of nitrogens with zero attached hydrogens (tertiary/aromatic N) is 1. The van der Waals surface area contributed by atoms with Crippen LogP contribution in [0.3, 0.4) is 0 Å². The number of nitrogens with one attached hydrogen (secondary N) is 1. The van der Waals surface area contributed by atoms with E-state index in [1.807, 2.05) is 20.8 Å². The molecule has 4 nitrogen and oxygen atoms in total. The molecule has 90 valence electrons. The molecule has 1 aromatic heterocycles. The van der Waals surface area contributed by atoms with Gasteiger partial charge >= 0.3 is 0 Å². The number of aryl methyl sites for hydroxylation is 1. The molecule has 1 unspecified atom stereocenters. The molecule has 1 heterocycles. The molecular weight excluding hydrogens is 204 g/mol. The van der Waals surface area contributed by atoms with Crippen molar-refractivity contribution < 1.29 is 10.2 Å². The largest absolute Gasteiger partial charge is 0.506 e. The summed E-state index contributed by atoms with van der Waals surface area (Å²) < 4.78 is 0. The van der Waals surface area contributed by atoms with Gasteiger partial charge in [-0.15, -0.1) is 0 Å².